The number of ether oxygens (including phenoxy) is 1. The maximum atomic E-state index is 13.9. The van der Waals surface area contributed by atoms with Crippen LogP contribution in [-0.4, -0.2) is 59.8 Å². The summed E-state index contributed by atoms with van der Waals surface area (Å²) < 4.78 is 9.86. The molecule has 11 heteroatoms. The van der Waals surface area contributed by atoms with E-state index < -0.39 is 5.97 Å². The average molecular weight is 550 g/mol. The van der Waals surface area contributed by atoms with Gasteiger partial charge in [-0.05, 0) is 48.4 Å². The summed E-state index contributed by atoms with van der Waals surface area (Å²) in [6.45, 7) is 1.98. The van der Waals surface area contributed by atoms with Gasteiger partial charge in [-0.25, -0.2) is 19.6 Å². The van der Waals surface area contributed by atoms with Gasteiger partial charge in [-0.3, -0.25) is 14.0 Å². The number of fused-ring (bicyclic) bond motifs is 1. The summed E-state index contributed by atoms with van der Waals surface area (Å²) in [5, 5.41) is 20.2. The SMILES string of the molecule is COC(=O)c1ccc(-c2ccc(-n3c(=O)n([C@H]4CCN(Cc5ncc(C#N)n5C)C4)c4ncccc43)cc2O)cc1. The molecule has 1 aliphatic rings. The van der Waals surface area contributed by atoms with E-state index in [4.69, 9.17) is 4.74 Å². The predicted molar refractivity (Wildman–Crippen MR) is 151 cm³/mol. The minimum absolute atomic E-state index is 0.00357. The van der Waals surface area contributed by atoms with Gasteiger partial charge < -0.3 is 14.4 Å². The fourth-order valence-corrected chi connectivity index (χ4v) is 5.50. The number of rotatable bonds is 6. The molecule has 0 unspecified atom stereocenters. The van der Waals surface area contributed by atoms with Gasteiger partial charge in [0.25, 0.3) is 0 Å². The number of benzene rings is 2. The Labute approximate surface area is 235 Å². The van der Waals surface area contributed by atoms with Gasteiger partial charge in [0.05, 0.1) is 42.7 Å². The number of likely N-dealkylation sites (tertiary alicyclic amines) is 1. The highest BCUT2D eigenvalue weighted by molar-refractivity contribution is 5.90. The lowest BCUT2D eigenvalue weighted by Crippen LogP contribution is -2.29. The standard InChI is InChI=1S/C30H27N7O4/c1-34-23(15-31)16-33-27(34)18-35-13-11-22(17-35)37-28-25(4-3-12-32-28)36(30(37)40)21-9-10-24(26(38)14-21)19-5-7-20(8-6-19)29(39)41-2/h3-10,12,14,16,22,38H,11,13,17-18H2,1-2H3/t22-/m0/s1. The number of hydrogen-bond acceptors (Lipinski definition) is 8. The lowest BCUT2D eigenvalue weighted by Gasteiger charge is -2.16. The molecule has 0 bridgehead atoms. The number of phenolic OH excluding ortho intramolecular Hbond substituents is 1. The molecule has 206 valence electrons. The van der Waals surface area contributed by atoms with Gasteiger partial charge in [0.15, 0.2) is 5.65 Å². The first kappa shape index (κ1) is 26.0. The van der Waals surface area contributed by atoms with E-state index in [1.807, 2.05) is 13.1 Å². The lowest BCUT2D eigenvalue weighted by atomic mass is 10.0. The molecule has 0 spiro atoms. The number of esters is 1. The average Bonchev–Trinajstić information content (AvgIpc) is 3.67. The third-order valence-corrected chi connectivity index (χ3v) is 7.67. The van der Waals surface area contributed by atoms with E-state index in [0.717, 1.165) is 24.4 Å². The first-order chi connectivity index (χ1) is 19.9. The number of imidazole rings is 2. The third kappa shape index (κ3) is 4.54. The van der Waals surface area contributed by atoms with E-state index >= 15 is 0 Å². The normalized spacial score (nSPS) is 15.3. The molecule has 6 rings (SSSR count). The number of phenols is 1. The summed E-state index contributed by atoms with van der Waals surface area (Å²) in [4.78, 5) is 36.8. The van der Waals surface area contributed by atoms with Crippen LogP contribution in [0.1, 0.15) is 34.3 Å². The van der Waals surface area contributed by atoms with Gasteiger partial charge in [0.2, 0.25) is 0 Å². The van der Waals surface area contributed by atoms with E-state index in [-0.39, 0.29) is 17.5 Å². The second-order valence-corrected chi connectivity index (χ2v) is 10.0. The van der Waals surface area contributed by atoms with Crippen molar-refractivity contribution in [3.8, 4) is 28.6 Å². The molecule has 11 nitrogen and oxygen atoms in total. The quantitative estimate of drug-likeness (QED) is 0.319. The largest absolute Gasteiger partial charge is 0.507 e. The summed E-state index contributed by atoms with van der Waals surface area (Å²) >= 11 is 0. The molecule has 1 atom stereocenters. The van der Waals surface area contributed by atoms with Crippen molar-refractivity contribution in [1.29, 1.82) is 5.26 Å². The molecule has 1 saturated heterocycles. The van der Waals surface area contributed by atoms with Crippen molar-refractivity contribution in [1.82, 2.24) is 28.6 Å². The molecule has 0 saturated carbocycles. The lowest BCUT2D eigenvalue weighted by molar-refractivity contribution is 0.0600. The van der Waals surface area contributed by atoms with Crippen molar-refractivity contribution in [2.24, 2.45) is 7.05 Å². The molecule has 0 aliphatic carbocycles. The van der Waals surface area contributed by atoms with Crippen LogP contribution in [0.2, 0.25) is 0 Å². The fraction of sp³-hybridized carbons (Fsp3) is 0.233. The van der Waals surface area contributed by atoms with E-state index in [9.17, 15) is 20.0 Å². The fourth-order valence-electron chi connectivity index (χ4n) is 5.50. The van der Waals surface area contributed by atoms with Crippen LogP contribution in [0, 0.1) is 11.3 Å². The van der Waals surface area contributed by atoms with Crippen LogP contribution < -0.4 is 5.69 Å². The zero-order valence-corrected chi connectivity index (χ0v) is 22.6. The van der Waals surface area contributed by atoms with E-state index in [0.29, 0.717) is 46.8 Å². The Morgan fingerprint density at radius 2 is 1.98 bits per heavy atom. The molecular weight excluding hydrogens is 522 g/mol. The van der Waals surface area contributed by atoms with Gasteiger partial charge in [-0.1, -0.05) is 12.1 Å². The van der Waals surface area contributed by atoms with Crippen molar-refractivity contribution >= 4 is 17.1 Å². The minimum Gasteiger partial charge on any atom is -0.507 e. The van der Waals surface area contributed by atoms with Crippen LogP contribution in [0.5, 0.6) is 5.75 Å². The van der Waals surface area contributed by atoms with Crippen molar-refractivity contribution in [2.75, 3.05) is 20.2 Å². The van der Waals surface area contributed by atoms with Crippen LogP contribution in [0.4, 0.5) is 0 Å². The van der Waals surface area contributed by atoms with E-state index in [2.05, 4.69) is 20.9 Å². The second-order valence-electron chi connectivity index (χ2n) is 10.0. The Morgan fingerprint density at radius 3 is 2.68 bits per heavy atom. The molecule has 0 amide bonds. The number of aromatic nitrogens is 5. The number of aromatic hydroxyl groups is 1. The zero-order chi connectivity index (χ0) is 28.7. The first-order valence-electron chi connectivity index (χ1n) is 13.1. The molecule has 4 heterocycles. The zero-order valence-electron chi connectivity index (χ0n) is 22.6. The van der Waals surface area contributed by atoms with Crippen LogP contribution in [-0.2, 0) is 18.3 Å². The first-order valence-corrected chi connectivity index (χ1v) is 13.1. The number of nitrogens with zero attached hydrogens (tertiary/aromatic N) is 7. The Bertz CT molecular complexity index is 1880. The maximum Gasteiger partial charge on any atom is 0.337 e. The summed E-state index contributed by atoms with van der Waals surface area (Å²) in [6, 6.07) is 17.5. The molecule has 0 radical (unpaired) electrons. The molecule has 41 heavy (non-hydrogen) atoms. The van der Waals surface area contributed by atoms with Crippen LogP contribution >= 0.6 is 0 Å². The highest BCUT2D eigenvalue weighted by Crippen LogP contribution is 2.33. The van der Waals surface area contributed by atoms with Crippen molar-refractivity contribution < 1.29 is 14.6 Å². The van der Waals surface area contributed by atoms with E-state index in [1.54, 1.807) is 74.6 Å². The highest BCUT2D eigenvalue weighted by atomic mass is 16.5. The van der Waals surface area contributed by atoms with Gasteiger partial charge in [-0.2, -0.15) is 5.26 Å². The number of carbonyl (C=O) groups is 1. The number of carbonyl (C=O) groups excluding carboxylic acids is 1. The second kappa shape index (κ2) is 10.4. The van der Waals surface area contributed by atoms with Crippen LogP contribution in [0.15, 0.2) is 71.8 Å². The molecule has 5 aromatic rings. The number of pyridine rings is 1. The molecular formula is C30H27N7O4. The monoisotopic (exact) mass is 549 g/mol. The van der Waals surface area contributed by atoms with Gasteiger partial charge in [0, 0.05) is 38.0 Å². The number of hydrogen-bond donors (Lipinski definition) is 1. The Morgan fingerprint density at radius 1 is 1.17 bits per heavy atom. The van der Waals surface area contributed by atoms with Gasteiger partial charge >= 0.3 is 11.7 Å². The van der Waals surface area contributed by atoms with Crippen LogP contribution in [0.3, 0.4) is 0 Å². The number of methoxy groups -OCH3 is 1. The van der Waals surface area contributed by atoms with Gasteiger partial charge in [-0.15, -0.1) is 0 Å². The van der Waals surface area contributed by atoms with Crippen LogP contribution in [0.25, 0.3) is 28.0 Å². The smallest absolute Gasteiger partial charge is 0.337 e. The Kier molecular flexibility index (Phi) is 6.61. The minimum atomic E-state index is -0.435. The van der Waals surface area contributed by atoms with E-state index in [1.165, 1.54) is 7.11 Å². The highest BCUT2D eigenvalue weighted by Gasteiger charge is 2.29. The van der Waals surface area contributed by atoms with Crippen molar-refractivity contribution in [3.05, 3.63) is 94.6 Å². The molecule has 1 N–H and O–H groups in total. The van der Waals surface area contributed by atoms with Crippen molar-refractivity contribution in [2.45, 2.75) is 19.0 Å². The topological polar surface area (TPSA) is 131 Å². The van der Waals surface area contributed by atoms with Gasteiger partial charge in [0.1, 0.15) is 23.3 Å². The molecule has 2 aromatic carbocycles. The third-order valence-electron chi connectivity index (χ3n) is 7.67. The number of nitriles is 1. The predicted octanol–water partition coefficient (Wildman–Crippen LogP) is 3.40. The molecule has 1 fully saturated rings. The maximum absolute atomic E-state index is 13.9. The Balaban J connectivity index is 1.32. The summed E-state index contributed by atoms with van der Waals surface area (Å²) in [7, 11) is 3.15. The molecule has 3 aromatic heterocycles. The summed E-state index contributed by atoms with van der Waals surface area (Å²) in [5.41, 5.74) is 3.72. The molecule has 1 aliphatic heterocycles. The summed E-state index contributed by atoms with van der Waals surface area (Å²) in [5.74, 6) is 0.366. The summed E-state index contributed by atoms with van der Waals surface area (Å²) in [6.07, 6.45) is 4.01. The Hall–Kier alpha value is -5.21. The van der Waals surface area contributed by atoms with Crippen molar-refractivity contribution in [3.63, 3.8) is 0 Å².